The quantitative estimate of drug-likeness (QED) is 0.673. The molecule has 1 aliphatic carbocycles. The topological polar surface area (TPSA) is 60.9 Å². The van der Waals surface area contributed by atoms with Crippen LogP contribution in [0, 0.1) is 0 Å². The van der Waals surface area contributed by atoms with Crippen LogP contribution in [0.2, 0.25) is 0 Å². The molecule has 4 heteroatoms. The summed E-state index contributed by atoms with van der Waals surface area (Å²) in [6, 6.07) is 1.85. The van der Waals surface area contributed by atoms with Crippen LogP contribution in [0.3, 0.4) is 0 Å². The minimum Gasteiger partial charge on any atom is -0.324 e. The molecule has 1 fully saturated rings. The Hall–Kier alpha value is -1.16. The second kappa shape index (κ2) is 2.71. The normalized spacial score (nSPS) is 16.4. The van der Waals surface area contributed by atoms with E-state index in [1.165, 1.54) is 12.3 Å². The fraction of sp³-hybridized carbons (Fsp3) is 0.500. The molecule has 1 saturated carbocycles. The van der Waals surface area contributed by atoms with Crippen molar-refractivity contribution in [2.24, 2.45) is 5.73 Å². The van der Waals surface area contributed by atoms with E-state index in [4.69, 9.17) is 5.73 Å². The average molecular weight is 165 g/mol. The summed E-state index contributed by atoms with van der Waals surface area (Å²) in [6.07, 6.45) is 3.68. The zero-order chi connectivity index (χ0) is 8.55. The Morgan fingerprint density at radius 3 is 3.00 bits per heavy atom. The molecule has 0 saturated heterocycles. The molecule has 0 aliphatic heterocycles. The molecule has 12 heavy (non-hydrogen) atoms. The summed E-state index contributed by atoms with van der Waals surface area (Å²) < 4.78 is 1.71. The van der Waals surface area contributed by atoms with Gasteiger partial charge in [0, 0.05) is 18.3 Å². The van der Waals surface area contributed by atoms with Gasteiger partial charge >= 0.3 is 0 Å². The van der Waals surface area contributed by atoms with Gasteiger partial charge in [-0.15, -0.1) is 0 Å². The van der Waals surface area contributed by atoms with Crippen molar-refractivity contribution < 1.29 is 0 Å². The molecule has 0 amide bonds. The summed E-state index contributed by atoms with van der Waals surface area (Å²) in [5.74, 6) is 0.699. The van der Waals surface area contributed by atoms with Crippen molar-refractivity contribution in [3.63, 3.8) is 0 Å². The van der Waals surface area contributed by atoms with Crippen LogP contribution in [-0.2, 0) is 6.54 Å². The molecular formula is C8H11N3O. The highest BCUT2D eigenvalue weighted by Gasteiger charge is 2.26. The van der Waals surface area contributed by atoms with Gasteiger partial charge in [0.2, 0.25) is 0 Å². The maximum absolute atomic E-state index is 11.3. The van der Waals surface area contributed by atoms with Crippen LogP contribution in [0.25, 0.3) is 0 Å². The van der Waals surface area contributed by atoms with E-state index in [9.17, 15) is 4.79 Å². The first-order valence-corrected chi connectivity index (χ1v) is 4.09. The molecule has 64 valence electrons. The van der Waals surface area contributed by atoms with Crippen LogP contribution < -0.4 is 11.3 Å². The minimum atomic E-state index is 0.0213. The maximum Gasteiger partial charge on any atom is 0.253 e. The first-order chi connectivity index (χ1) is 5.83. The van der Waals surface area contributed by atoms with E-state index in [0.717, 1.165) is 12.8 Å². The zero-order valence-corrected chi connectivity index (χ0v) is 6.73. The fourth-order valence-electron chi connectivity index (χ4n) is 1.33. The van der Waals surface area contributed by atoms with Gasteiger partial charge in [0.25, 0.3) is 5.56 Å². The number of rotatable bonds is 2. The molecule has 0 unspecified atom stereocenters. The van der Waals surface area contributed by atoms with E-state index in [0.29, 0.717) is 18.4 Å². The summed E-state index contributed by atoms with van der Waals surface area (Å²) in [7, 11) is 0. The van der Waals surface area contributed by atoms with Crippen LogP contribution in [-0.4, -0.2) is 9.55 Å². The first-order valence-electron chi connectivity index (χ1n) is 4.09. The van der Waals surface area contributed by atoms with Crippen molar-refractivity contribution >= 4 is 0 Å². The van der Waals surface area contributed by atoms with Gasteiger partial charge in [-0.3, -0.25) is 9.36 Å². The Kier molecular flexibility index (Phi) is 1.69. The summed E-state index contributed by atoms with van der Waals surface area (Å²) >= 11 is 0. The van der Waals surface area contributed by atoms with Gasteiger partial charge in [-0.1, -0.05) is 0 Å². The molecule has 1 heterocycles. The van der Waals surface area contributed by atoms with Gasteiger partial charge in [-0.05, 0) is 12.8 Å². The van der Waals surface area contributed by atoms with Crippen molar-refractivity contribution in [1.29, 1.82) is 0 Å². The lowest BCUT2D eigenvalue weighted by atomic mass is 10.5. The van der Waals surface area contributed by atoms with Crippen molar-refractivity contribution in [3.05, 3.63) is 28.4 Å². The monoisotopic (exact) mass is 165 g/mol. The summed E-state index contributed by atoms with van der Waals surface area (Å²) in [6.45, 7) is 0.340. The van der Waals surface area contributed by atoms with E-state index in [1.807, 2.05) is 0 Å². The number of aromatic nitrogens is 2. The largest absolute Gasteiger partial charge is 0.324 e. The Labute approximate surface area is 70.0 Å². The predicted octanol–water partition coefficient (Wildman–Crippen LogP) is 0.0369. The molecule has 1 aromatic heterocycles. The van der Waals surface area contributed by atoms with Crippen molar-refractivity contribution in [1.82, 2.24) is 9.55 Å². The summed E-state index contributed by atoms with van der Waals surface area (Å²) in [5, 5.41) is 0. The molecule has 0 aromatic carbocycles. The average Bonchev–Trinajstić information content (AvgIpc) is 2.87. The smallest absolute Gasteiger partial charge is 0.253 e. The summed E-state index contributed by atoms with van der Waals surface area (Å²) in [4.78, 5) is 15.4. The van der Waals surface area contributed by atoms with Gasteiger partial charge in [0.1, 0.15) is 5.82 Å². The third-order valence-electron chi connectivity index (χ3n) is 2.05. The molecule has 4 nitrogen and oxygen atoms in total. The van der Waals surface area contributed by atoms with Gasteiger partial charge in [-0.2, -0.15) is 0 Å². The molecule has 0 radical (unpaired) electrons. The first kappa shape index (κ1) is 7.49. The number of hydrogen-bond acceptors (Lipinski definition) is 3. The van der Waals surface area contributed by atoms with Crippen LogP contribution in [0.4, 0.5) is 0 Å². The maximum atomic E-state index is 11.3. The Morgan fingerprint density at radius 2 is 2.42 bits per heavy atom. The predicted molar refractivity (Wildman–Crippen MR) is 44.7 cm³/mol. The van der Waals surface area contributed by atoms with Gasteiger partial charge in [-0.25, -0.2) is 4.98 Å². The zero-order valence-electron chi connectivity index (χ0n) is 6.73. The van der Waals surface area contributed by atoms with Crippen LogP contribution >= 0.6 is 0 Å². The highest BCUT2D eigenvalue weighted by molar-refractivity contribution is 4.99. The lowest BCUT2D eigenvalue weighted by molar-refractivity contribution is 0.631. The van der Waals surface area contributed by atoms with Crippen LogP contribution in [0.1, 0.15) is 24.7 Å². The Bertz CT molecular complexity index is 340. The van der Waals surface area contributed by atoms with Crippen molar-refractivity contribution in [3.8, 4) is 0 Å². The van der Waals surface area contributed by atoms with Gasteiger partial charge in [0.15, 0.2) is 0 Å². The van der Waals surface area contributed by atoms with Crippen molar-refractivity contribution in [2.45, 2.75) is 25.4 Å². The third kappa shape index (κ3) is 1.14. The molecule has 2 N–H and O–H groups in total. The molecule has 0 spiro atoms. The Balaban J connectivity index is 2.52. The van der Waals surface area contributed by atoms with Crippen LogP contribution in [0.5, 0.6) is 0 Å². The second-order valence-electron chi connectivity index (χ2n) is 3.00. The number of hydrogen-bond donors (Lipinski definition) is 1. The lowest BCUT2D eigenvalue weighted by Gasteiger charge is -2.07. The molecular weight excluding hydrogens is 154 g/mol. The number of nitrogens with zero attached hydrogens (tertiary/aromatic N) is 2. The van der Waals surface area contributed by atoms with E-state index in [1.54, 1.807) is 4.57 Å². The lowest BCUT2D eigenvalue weighted by Crippen LogP contribution is -2.24. The highest BCUT2D eigenvalue weighted by atomic mass is 16.1. The second-order valence-corrected chi connectivity index (χ2v) is 3.00. The molecule has 0 atom stereocenters. The van der Waals surface area contributed by atoms with Crippen molar-refractivity contribution in [2.75, 3.05) is 0 Å². The molecule has 2 rings (SSSR count). The molecule has 1 aliphatic rings. The third-order valence-corrected chi connectivity index (χ3v) is 2.05. The fourth-order valence-corrected chi connectivity index (χ4v) is 1.33. The minimum absolute atomic E-state index is 0.0213. The molecule has 0 bridgehead atoms. The summed E-state index contributed by atoms with van der Waals surface area (Å²) in [5.41, 5.74) is 5.48. The van der Waals surface area contributed by atoms with E-state index in [2.05, 4.69) is 4.98 Å². The standard InChI is InChI=1S/C8H11N3O/c9-5-7-10-4-3-8(12)11(7)6-1-2-6/h3-4,6H,1-2,5,9H2. The van der Waals surface area contributed by atoms with Crippen LogP contribution in [0.15, 0.2) is 17.1 Å². The Morgan fingerprint density at radius 1 is 1.67 bits per heavy atom. The van der Waals surface area contributed by atoms with E-state index in [-0.39, 0.29) is 5.56 Å². The van der Waals surface area contributed by atoms with Gasteiger partial charge < -0.3 is 5.73 Å². The number of nitrogens with two attached hydrogens (primary N) is 1. The highest BCUT2D eigenvalue weighted by Crippen LogP contribution is 2.33. The van der Waals surface area contributed by atoms with E-state index < -0.39 is 0 Å². The molecule has 1 aromatic rings. The van der Waals surface area contributed by atoms with E-state index >= 15 is 0 Å². The van der Waals surface area contributed by atoms with Gasteiger partial charge in [0.05, 0.1) is 6.54 Å². The SMILES string of the molecule is NCc1nccc(=O)n1C1CC1.